The van der Waals surface area contributed by atoms with Gasteiger partial charge in [-0.05, 0) is 25.7 Å². The molecule has 1 rings (SSSR count). The molecule has 0 aromatic heterocycles. The van der Waals surface area contributed by atoms with E-state index in [1.807, 2.05) is 0 Å². The Labute approximate surface area is 91.4 Å². The van der Waals surface area contributed by atoms with Gasteiger partial charge in [-0.1, -0.05) is 0 Å². The van der Waals surface area contributed by atoms with Crippen molar-refractivity contribution in [2.45, 2.75) is 32.0 Å². The zero-order chi connectivity index (χ0) is 11.6. The lowest BCUT2D eigenvalue weighted by Gasteiger charge is -2.29. The van der Waals surface area contributed by atoms with Crippen LogP contribution in [-0.2, 0) is 4.79 Å². The Balaban J connectivity index is 2.63. The molecule has 0 radical (unpaired) electrons. The van der Waals surface area contributed by atoms with Crippen molar-refractivity contribution in [2.75, 3.05) is 12.4 Å². The predicted octanol–water partition coefficient (Wildman–Crippen LogP) is 2.41. The molecule has 0 saturated heterocycles. The fourth-order valence-corrected chi connectivity index (χ4v) is 1.72. The number of alkyl halides is 4. The van der Waals surface area contributed by atoms with Crippen molar-refractivity contribution in [3.05, 3.63) is 0 Å². The summed E-state index contributed by atoms with van der Waals surface area (Å²) < 4.78 is 36.6. The van der Waals surface area contributed by atoms with Gasteiger partial charge in [0.05, 0.1) is 0 Å². The third-order valence-electron chi connectivity index (χ3n) is 2.58. The van der Waals surface area contributed by atoms with Crippen LogP contribution >= 0.6 is 11.6 Å². The molecule has 0 aromatic carbocycles. The van der Waals surface area contributed by atoms with Crippen LogP contribution in [0.1, 0.15) is 19.8 Å². The van der Waals surface area contributed by atoms with Crippen molar-refractivity contribution in [2.24, 2.45) is 5.92 Å². The lowest BCUT2D eigenvalue weighted by Crippen LogP contribution is -2.46. The standard InChI is InChI=1S/C9H13ClF3NO/c1-6(7-2-3-7)14(8(15)4-10)5-9(11,12)13/h6-7H,2-5H2,1H3/t6-/m1/s1. The fraction of sp³-hybridized carbons (Fsp3) is 0.889. The van der Waals surface area contributed by atoms with Crippen LogP contribution < -0.4 is 0 Å². The maximum atomic E-state index is 12.2. The number of nitrogens with zero attached hydrogens (tertiary/aromatic N) is 1. The SMILES string of the molecule is C[C@H](C1CC1)N(CC(F)(F)F)C(=O)CCl. The number of hydrogen-bond acceptors (Lipinski definition) is 1. The topological polar surface area (TPSA) is 20.3 Å². The smallest absolute Gasteiger partial charge is 0.330 e. The Bertz CT molecular complexity index is 240. The number of amides is 1. The third kappa shape index (κ3) is 3.89. The van der Waals surface area contributed by atoms with Gasteiger partial charge in [-0.15, -0.1) is 11.6 Å². The van der Waals surface area contributed by atoms with E-state index in [4.69, 9.17) is 11.6 Å². The molecule has 0 spiro atoms. The second-order valence-electron chi connectivity index (χ2n) is 3.85. The summed E-state index contributed by atoms with van der Waals surface area (Å²) in [7, 11) is 0. The normalized spacial score (nSPS) is 18.7. The van der Waals surface area contributed by atoms with E-state index >= 15 is 0 Å². The highest BCUT2D eigenvalue weighted by molar-refractivity contribution is 6.27. The molecule has 0 unspecified atom stereocenters. The van der Waals surface area contributed by atoms with Gasteiger partial charge in [0.25, 0.3) is 0 Å². The Morgan fingerprint density at radius 2 is 2.07 bits per heavy atom. The molecule has 1 atom stereocenters. The first-order chi connectivity index (χ1) is 6.85. The van der Waals surface area contributed by atoms with E-state index in [1.165, 1.54) is 0 Å². The van der Waals surface area contributed by atoms with E-state index < -0.39 is 24.5 Å². The molecule has 1 aliphatic rings. The molecule has 6 heteroatoms. The molecule has 0 heterocycles. The molecule has 0 N–H and O–H groups in total. The van der Waals surface area contributed by atoms with Crippen LogP contribution in [0, 0.1) is 5.92 Å². The molecular formula is C9H13ClF3NO. The highest BCUT2D eigenvalue weighted by atomic mass is 35.5. The zero-order valence-corrected chi connectivity index (χ0v) is 9.11. The molecule has 0 aromatic rings. The minimum Gasteiger partial charge on any atom is -0.330 e. The highest BCUT2D eigenvalue weighted by Crippen LogP contribution is 2.36. The van der Waals surface area contributed by atoms with Gasteiger partial charge in [-0.2, -0.15) is 13.2 Å². The van der Waals surface area contributed by atoms with E-state index in [-0.39, 0.29) is 12.0 Å². The lowest BCUT2D eigenvalue weighted by molar-refractivity contribution is -0.164. The lowest BCUT2D eigenvalue weighted by atomic mass is 10.2. The van der Waals surface area contributed by atoms with Crippen LogP contribution in [0.15, 0.2) is 0 Å². The van der Waals surface area contributed by atoms with Crippen LogP contribution in [0.3, 0.4) is 0 Å². The van der Waals surface area contributed by atoms with Crippen LogP contribution in [0.25, 0.3) is 0 Å². The predicted molar refractivity (Wildman–Crippen MR) is 50.7 cm³/mol. The van der Waals surface area contributed by atoms with Crippen molar-refractivity contribution in [1.29, 1.82) is 0 Å². The molecule has 1 fully saturated rings. The van der Waals surface area contributed by atoms with E-state index in [9.17, 15) is 18.0 Å². The largest absolute Gasteiger partial charge is 0.406 e. The van der Waals surface area contributed by atoms with Gasteiger partial charge in [0, 0.05) is 6.04 Å². The maximum Gasteiger partial charge on any atom is 0.406 e. The first kappa shape index (κ1) is 12.6. The Kier molecular flexibility index (Phi) is 3.87. The van der Waals surface area contributed by atoms with Crippen molar-refractivity contribution < 1.29 is 18.0 Å². The first-order valence-corrected chi connectivity index (χ1v) is 5.31. The minimum atomic E-state index is -4.36. The summed E-state index contributed by atoms with van der Waals surface area (Å²) in [5, 5.41) is 0. The molecule has 1 aliphatic carbocycles. The van der Waals surface area contributed by atoms with Gasteiger partial charge in [-0.25, -0.2) is 0 Å². The zero-order valence-electron chi connectivity index (χ0n) is 8.35. The molecular weight excluding hydrogens is 231 g/mol. The van der Waals surface area contributed by atoms with Crippen molar-refractivity contribution >= 4 is 17.5 Å². The maximum absolute atomic E-state index is 12.2. The number of carbonyl (C=O) groups is 1. The Hall–Kier alpha value is -0.450. The summed E-state index contributed by atoms with van der Waals surface area (Å²) in [5.41, 5.74) is 0. The van der Waals surface area contributed by atoms with Crippen LogP contribution in [0.5, 0.6) is 0 Å². The average Bonchev–Trinajstić information content (AvgIpc) is 2.93. The Morgan fingerprint density at radius 3 is 2.40 bits per heavy atom. The van der Waals surface area contributed by atoms with E-state index in [1.54, 1.807) is 6.92 Å². The van der Waals surface area contributed by atoms with Crippen molar-refractivity contribution in [3.63, 3.8) is 0 Å². The van der Waals surface area contributed by atoms with Gasteiger partial charge >= 0.3 is 6.18 Å². The van der Waals surface area contributed by atoms with Crippen LogP contribution in [0.2, 0.25) is 0 Å². The van der Waals surface area contributed by atoms with Gasteiger partial charge < -0.3 is 4.90 Å². The number of rotatable bonds is 4. The van der Waals surface area contributed by atoms with Gasteiger partial charge in [0.1, 0.15) is 12.4 Å². The number of carbonyl (C=O) groups excluding carboxylic acids is 1. The number of hydrogen-bond donors (Lipinski definition) is 0. The Morgan fingerprint density at radius 1 is 1.53 bits per heavy atom. The van der Waals surface area contributed by atoms with E-state index in [2.05, 4.69) is 0 Å². The third-order valence-corrected chi connectivity index (χ3v) is 2.81. The van der Waals surface area contributed by atoms with Crippen molar-refractivity contribution in [3.8, 4) is 0 Å². The number of halogens is 4. The van der Waals surface area contributed by atoms with Crippen molar-refractivity contribution in [1.82, 2.24) is 4.90 Å². The highest BCUT2D eigenvalue weighted by Gasteiger charge is 2.40. The fourth-order valence-electron chi connectivity index (χ4n) is 1.56. The van der Waals surface area contributed by atoms with Gasteiger partial charge in [-0.3, -0.25) is 4.79 Å². The van der Waals surface area contributed by atoms with Crippen LogP contribution in [0.4, 0.5) is 13.2 Å². The minimum absolute atomic E-state index is 0.208. The van der Waals surface area contributed by atoms with E-state index in [0.29, 0.717) is 0 Å². The average molecular weight is 244 g/mol. The molecule has 15 heavy (non-hydrogen) atoms. The second kappa shape index (κ2) is 4.60. The monoisotopic (exact) mass is 243 g/mol. The molecule has 0 bridgehead atoms. The van der Waals surface area contributed by atoms with E-state index in [0.717, 1.165) is 17.7 Å². The summed E-state index contributed by atoms with van der Waals surface area (Å²) in [4.78, 5) is 12.1. The van der Waals surface area contributed by atoms with Crippen LogP contribution in [-0.4, -0.2) is 35.4 Å². The summed E-state index contributed by atoms with van der Waals surface area (Å²) in [6.45, 7) is 0.448. The summed E-state index contributed by atoms with van der Waals surface area (Å²) in [6.07, 6.45) is -2.57. The quantitative estimate of drug-likeness (QED) is 0.695. The second-order valence-corrected chi connectivity index (χ2v) is 4.12. The summed E-state index contributed by atoms with van der Waals surface area (Å²) in [6, 6.07) is -0.363. The van der Waals surface area contributed by atoms with Gasteiger partial charge in [0.15, 0.2) is 0 Å². The summed E-state index contributed by atoms with van der Waals surface area (Å²) in [5.74, 6) is -0.833. The first-order valence-electron chi connectivity index (χ1n) is 4.77. The molecule has 1 saturated carbocycles. The van der Waals surface area contributed by atoms with Gasteiger partial charge in [0.2, 0.25) is 5.91 Å². The molecule has 1 amide bonds. The molecule has 0 aliphatic heterocycles. The molecule has 88 valence electrons. The molecule has 2 nitrogen and oxygen atoms in total. The summed E-state index contributed by atoms with van der Waals surface area (Å²) >= 11 is 5.29.